The number of nitrogens with one attached hydrogen (secondary N) is 1. The summed E-state index contributed by atoms with van der Waals surface area (Å²) in [6.07, 6.45) is -0.866. The normalized spacial score (nSPS) is 14.8. The van der Waals surface area contributed by atoms with Crippen molar-refractivity contribution in [3.8, 4) is 0 Å². The maximum absolute atomic E-state index is 12.2. The van der Waals surface area contributed by atoms with Crippen molar-refractivity contribution in [2.75, 3.05) is 7.11 Å². The lowest BCUT2D eigenvalue weighted by molar-refractivity contribution is -0.556. The molecular weight excluding hydrogens is 328 g/mol. The minimum absolute atomic E-state index is 0.390. The van der Waals surface area contributed by atoms with Gasteiger partial charge >= 0.3 is 17.6 Å². The first-order valence-electron chi connectivity index (χ1n) is 7.71. The molecule has 25 heavy (non-hydrogen) atoms. The van der Waals surface area contributed by atoms with Gasteiger partial charge in [-0.1, -0.05) is 29.8 Å². The third-order valence-corrected chi connectivity index (χ3v) is 3.61. The van der Waals surface area contributed by atoms with Crippen molar-refractivity contribution in [2.45, 2.75) is 51.8 Å². The number of ether oxygens (including phenoxy) is 2. The highest BCUT2D eigenvalue weighted by Crippen LogP contribution is 2.31. The summed E-state index contributed by atoms with van der Waals surface area (Å²) in [5, 5.41) is 14.1. The van der Waals surface area contributed by atoms with Crippen LogP contribution >= 0.6 is 0 Å². The molecule has 0 saturated heterocycles. The van der Waals surface area contributed by atoms with E-state index in [-0.39, 0.29) is 0 Å². The molecule has 0 fully saturated rings. The second-order valence-corrected chi connectivity index (χ2v) is 6.89. The van der Waals surface area contributed by atoms with Gasteiger partial charge < -0.3 is 14.8 Å². The Kier molecular flexibility index (Phi) is 6.12. The topological polar surface area (TPSA) is 108 Å². The van der Waals surface area contributed by atoms with E-state index in [0.29, 0.717) is 5.56 Å². The van der Waals surface area contributed by atoms with Crippen LogP contribution in [0.15, 0.2) is 24.3 Å². The lowest BCUT2D eigenvalue weighted by Crippen LogP contribution is -2.55. The highest BCUT2D eigenvalue weighted by atomic mass is 16.6. The first-order valence-corrected chi connectivity index (χ1v) is 7.71. The average molecular weight is 352 g/mol. The van der Waals surface area contributed by atoms with Crippen LogP contribution in [0.1, 0.15) is 44.9 Å². The van der Waals surface area contributed by atoms with Gasteiger partial charge in [0.2, 0.25) is 0 Å². The summed E-state index contributed by atoms with van der Waals surface area (Å²) in [6.45, 7) is 7.97. The Hall–Kier alpha value is -2.64. The van der Waals surface area contributed by atoms with E-state index in [4.69, 9.17) is 4.74 Å². The molecule has 0 heterocycles. The Morgan fingerprint density at radius 3 is 2.08 bits per heavy atom. The second kappa shape index (κ2) is 7.50. The molecule has 0 aliphatic rings. The number of alkyl carbamates (subject to hydrolysis) is 1. The van der Waals surface area contributed by atoms with Crippen molar-refractivity contribution in [3.63, 3.8) is 0 Å². The number of nitro groups is 1. The Balaban J connectivity index is 3.36. The molecule has 0 aromatic heterocycles. The molecule has 1 N–H and O–H groups in total. The van der Waals surface area contributed by atoms with Gasteiger partial charge in [0.05, 0.1) is 7.11 Å². The van der Waals surface area contributed by atoms with Crippen molar-refractivity contribution in [1.82, 2.24) is 5.32 Å². The lowest BCUT2D eigenvalue weighted by Gasteiger charge is -2.30. The molecule has 0 unspecified atom stereocenters. The fourth-order valence-corrected chi connectivity index (χ4v) is 2.24. The molecule has 0 radical (unpaired) electrons. The number of rotatable bonds is 5. The minimum Gasteiger partial charge on any atom is -0.464 e. The van der Waals surface area contributed by atoms with Crippen LogP contribution in [-0.4, -0.2) is 35.2 Å². The molecule has 0 spiro atoms. The van der Waals surface area contributed by atoms with E-state index in [9.17, 15) is 19.7 Å². The van der Waals surface area contributed by atoms with Crippen LogP contribution in [0.5, 0.6) is 0 Å². The maximum atomic E-state index is 12.2. The van der Waals surface area contributed by atoms with Crippen LogP contribution in [0.4, 0.5) is 4.79 Å². The van der Waals surface area contributed by atoms with Gasteiger partial charge in [-0.3, -0.25) is 10.1 Å². The van der Waals surface area contributed by atoms with Gasteiger partial charge in [-0.2, -0.15) is 0 Å². The number of esters is 1. The SMILES string of the molecule is COC(=O)[C@](C)([C@@H](NC(=O)OC(C)(C)C)c1ccc(C)cc1)[N+](=O)[O-]. The molecule has 1 amide bonds. The number of methoxy groups -OCH3 is 1. The van der Waals surface area contributed by atoms with Gasteiger partial charge in [-0.25, -0.2) is 9.59 Å². The summed E-state index contributed by atoms with van der Waals surface area (Å²) in [6, 6.07) is 5.42. The van der Waals surface area contributed by atoms with Crippen molar-refractivity contribution >= 4 is 12.1 Å². The zero-order chi connectivity index (χ0) is 19.4. The summed E-state index contributed by atoms with van der Waals surface area (Å²) >= 11 is 0. The number of hydrogen-bond donors (Lipinski definition) is 1. The minimum atomic E-state index is -2.22. The van der Waals surface area contributed by atoms with Gasteiger partial charge in [0.1, 0.15) is 11.6 Å². The molecule has 1 aromatic carbocycles. The quantitative estimate of drug-likeness (QED) is 0.496. The predicted molar refractivity (Wildman–Crippen MR) is 90.7 cm³/mol. The summed E-state index contributed by atoms with van der Waals surface area (Å²) < 4.78 is 9.79. The fourth-order valence-electron chi connectivity index (χ4n) is 2.24. The van der Waals surface area contributed by atoms with Crippen molar-refractivity contribution < 1.29 is 24.0 Å². The Morgan fingerprint density at radius 2 is 1.68 bits per heavy atom. The zero-order valence-corrected chi connectivity index (χ0v) is 15.3. The van der Waals surface area contributed by atoms with Gasteiger partial charge in [0.15, 0.2) is 0 Å². The summed E-state index contributed by atoms with van der Waals surface area (Å²) in [7, 11) is 1.06. The number of carbonyl (C=O) groups excluding carboxylic acids is 2. The number of aryl methyl sites for hydroxylation is 1. The van der Waals surface area contributed by atoms with Crippen molar-refractivity contribution in [3.05, 3.63) is 45.5 Å². The van der Waals surface area contributed by atoms with Gasteiger partial charge in [0, 0.05) is 11.8 Å². The Morgan fingerprint density at radius 1 is 1.16 bits per heavy atom. The van der Waals surface area contributed by atoms with E-state index in [0.717, 1.165) is 19.6 Å². The molecule has 138 valence electrons. The van der Waals surface area contributed by atoms with E-state index < -0.39 is 34.2 Å². The lowest BCUT2D eigenvalue weighted by atomic mass is 9.87. The van der Waals surface area contributed by atoms with Crippen LogP contribution in [0.25, 0.3) is 0 Å². The number of amides is 1. The third-order valence-electron chi connectivity index (χ3n) is 3.61. The molecule has 2 atom stereocenters. The van der Waals surface area contributed by atoms with E-state index in [1.54, 1.807) is 45.0 Å². The number of nitrogens with zero attached hydrogens (tertiary/aromatic N) is 1. The van der Waals surface area contributed by atoms with E-state index in [2.05, 4.69) is 10.1 Å². The van der Waals surface area contributed by atoms with Gasteiger partial charge in [-0.05, 0) is 33.3 Å². The fraction of sp³-hybridized carbons (Fsp3) is 0.529. The molecule has 0 aliphatic heterocycles. The largest absolute Gasteiger partial charge is 0.464 e. The smallest absolute Gasteiger partial charge is 0.408 e. The summed E-state index contributed by atoms with van der Waals surface area (Å²) in [5.41, 5.74) is -1.69. The van der Waals surface area contributed by atoms with Crippen LogP contribution in [0.2, 0.25) is 0 Å². The van der Waals surface area contributed by atoms with E-state index in [1.165, 1.54) is 0 Å². The van der Waals surface area contributed by atoms with E-state index >= 15 is 0 Å². The van der Waals surface area contributed by atoms with Gasteiger partial charge in [-0.15, -0.1) is 0 Å². The van der Waals surface area contributed by atoms with E-state index in [1.807, 2.05) is 6.92 Å². The second-order valence-electron chi connectivity index (χ2n) is 6.89. The monoisotopic (exact) mass is 352 g/mol. The van der Waals surface area contributed by atoms with Crippen LogP contribution in [-0.2, 0) is 14.3 Å². The number of benzene rings is 1. The highest BCUT2D eigenvalue weighted by molar-refractivity contribution is 5.81. The molecule has 8 heteroatoms. The first kappa shape index (κ1) is 20.4. The maximum Gasteiger partial charge on any atom is 0.408 e. The molecular formula is C17H24N2O6. The standard InChI is InChI=1S/C17H24N2O6/c1-11-7-9-12(10-8-11)13(18-15(21)25-16(2,3)4)17(5,19(22)23)14(20)24-6/h7-10,13H,1-6H3,(H,18,21)/t13-,17-/m0/s1. The summed E-state index contributed by atoms with van der Waals surface area (Å²) in [5.74, 6) is -1.07. The van der Waals surface area contributed by atoms with Crippen LogP contribution in [0, 0.1) is 17.0 Å². The van der Waals surface area contributed by atoms with Gasteiger partial charge in [0.25, 0.3) is 0 Å². The van der Waals surface area contributed by atoms with Crippen LogP contribution in [0.3, 0.4) is 0 Å². The number of carbonyl (C=O) groups is 2. The first-order chi connectivity index (χ1) is 11.4. The molecule has 0 bridgehead atoms. The van der Waals surface area contributed by atoms with Crippen LogP contribution < -0.4 is 5.32 Å². The van der Waals surface area contributed by atoms with Crippen molar-refractivity contribution in [2.24, 2.45) is 0 Å². The third kappa shape index (κ3) is 4.91. The number of hydrogen-bond acceptors (Lipinski definition) is 6. The molecule has 1 rings (SSSR count). The highest BCUT2D eigenvalue weighted by Gasteiger charge is 2.56. The molecule has 0 saturated carbocycles. The summed E-state index contributed by atoms with van der Waals surface area (Å²) in [4.78, 5) is 35.3. The Labute approximate surface area is 146 Å². The molecule has 0 aliphatic carbocycles. The molecule has 1 aromatic rings. The Bertz CT molecular complexity index is 650. The van der Waals surface area contributed by atoms with Crippen molar-refractivity contribution in [1.29, 1.82) is 0 Å². The molecule has 8 nitrogen and oxygen atoms in total. The zero-order valence-electron chi connectivity index (χ0n) is 15.3. The average Bonchev–Trinajstić information content (AvgIpc) is 2.50. The predicted octanol–water partition coefficient (Wildman–Crippen LogP) is 2.77.